The zero-order valence-electron chi connectivity index (χ0n) is 11.1. The molecule has 1 spiro atoms. The van der Waals surface area contributed by atoms with Gasteiger partial charge in [-0.3, -0.25) is 9.59 Å². The molecule has 2 amide bonds. The first kappa shape index (κ1) is 12.7. The maximum absolute atomic E-state index is 12.3. The van der Waals surface area contributed by atoms with Gasteiger partial charge in [-0.2, -0.15) is 11.3 Å². The number of nitrogens with zero attached hydrogens (tertiary/aromatic N) is 2. The normalized spacial score (nSPS) is 22.3. The quantitative estimate of drug-likeness (QED) is 0.788. The lowest BCUT2D eigenvalue weighted by Crippen LogP contribution is -2.52. The minimum absolute atomic E-state index is 0.0164. The van der Waals surface area contributed by atoms with Gasteiger partial charge in [-0.05, 0) is 30.7 Å². The van der Waals surface area contributed by atoms with Crippen LogP contribution in [0.3, 0.4) is 0 Å². The van der Waals surface area contributed by atoms with Crippen molar-refractivity contribution in [3.63, 3.8) is 0 Å². The molecule has 2 aliphatic heterocycles. The van der Waals surface area contributed by atoms with E-state index in [2.05, 4.69) is 0 Å². The molecule has 0 aromatic carbocycles. The molecule has 1 aromatic heterocycles. The van der Waals surface area contributed by atoms with Crippen LogP contribution in [-0.2, 0) is 4.79 Å². The van der Waals surface area contributed by atoms with Crippen molar-refractivity contribution < 1.29 is 9.59 Å². The minimum atomic E-state index is 0.0164. The van der Waals surface area contributed by atoms with Gasteiger partial charge in [0.2, 0.25) is 5.91 Å². The summed E-state index contributed by atoms with van der Waals surface area (Å²) in [5, 5.41) is 3.83. The molecule has 0 unspecified atom stereocenters. The Bertz CT molecular complexity index is 490. The lowest BCUT2D eigenvalue weighted by atomic mass is 9.85. The zero-order valence-corrected chi connectivity index (χ0v) is 11.9. The molecule has 102 valence electrons. The summed E-state index contributed by atoms with van der Waals surface area (Å²) in [6, 6.07) is 1.88. The molecule has 0 bridgehead atoms. The molecular weight excluding hydrogens is 260 g/mol. The zero-order chi connectivity index (χ0) is 13.5. The average Bonchev–Trinajstić information content (AvgIpc) is 3.05. The van der Waals surface area contributed by atoms with Crippen LogP contribution >= 0.6 is 11.3 Å². The predicted octanol–water partition coefficient (Wildman–Crippen LogP) is 1.98. The Morgan fingerprint density at radius 3 is 2.58 bits per heavy atom. The molecular formula is C14H18N2O2S. The van der Waals surface area contributed by atoms with Crippen LogP contribution in [0.15, 0.2) is 16.8 Å². The van der Waals surface area contributed by atoms with Crippen molar-refractivity contribution in [1.29, 1.82) is 0 Å². The highest BCUT2D eigenvalue weighted by Crippen LogP contribution is 2.38. The van der Waals surface area contributed by atoms with Crippen molar-refractivity contribution in [3.05, 3.63) is 22.4 Å². The second-order valence-corrected chi connectivity index (χ2v) is 6.26. The molecule has 3 heterocycles. The van der Waals surface area contributed by atoms with Crippen LogP contribution in [0.1, 0.15) is 36.0 Å². The van der Waals surface area contributed by atoms with E-state index in [1.165, 1.54) is 0 Å². The molecule has 0 saturated carbocycles. The highest BCUT2D eigenvalue weighted by molar-refractivity contribution is 7.08. The third-order valence-electron chi connectivity index (χ3n) is 4.64. The summed E-state index contributed by atoms with van der Waals surface area (Å²) in [6.07, 6.45) is 3.42. The Morgan fingerprint density at radius 2 is 2.05 bits per heavy atom. The van der Waals surface area contributed by atoms with E-state index in [-0.39, 0.29) is 17.4 Å². The summed E-state index contributed by atoms with van der Waals surface area (Å²) in [5.74, 6) is 0.376. The Kier molecular flexibility index (Phi) is 3.09. The largest absolute Gasteiger partial charge is 0.340 e. The number of carbonyl (C=O) groups excluding carboxylic acids is 2. The van der Waals surface area contributed by atoms with Crippen molar-refractivity contribution in [1.82, 2.24) is 9.80 Å². The van der Waals surface area contributed by atoms with E-state index >= 15 is 0 Å². The van der Waals surface area contributed by atoms with Crippen LogP contribution in [0.25, 0.3) is 0 Å². The fourth-order valence-electron chi connectivity index (χ4n) is 3.22. The molecule has 0 N–H and O–H groups in total. The van der Waals surface area contributed by atoms with Gasteiger partial charge < -0.3 is 9.80 Å². The third kappa shape index (κ3) is 2.06. The maximum atomic E-state index is 12.3. The molecule has 0 radical (unpaired) electrons. The molecule has 2 aliphatic rings. The van der Waals surface area contributed by atoms with Gasteiger partial charge in [0, 0.05) is 37.5 Å². The standard InChI is InChI=1S/C14H18N2O2S/c1-15-12(17)2-4-14(15)5-7-16(8-6-14)13(18)11-3-9-19-10-11/h3,9-10H,2,4-8H2,1H3. The number of thiophene rings is 1. The van der Waals surface area contributed by atoms with Crippen LogP contribution in [-0.4, -0.2) is 47.3 Å². The van der Waals surface area contributed by atoms with Crippen LogP contribution in [0, 0.1) is 0 Å². The molecule has 0 aliphatic carbocycles. The van der Waals surface area contributed by atoms with Gasteiger partial charge in [-0.15, -0.1) is 0 Å². The Balaban J connectivity index is 1.67. The molecule has 19 heavy (non-hydrogen) atoms. The van der Waals surface area contributed by atoms with E-state index < -0.39 is 0 Å². The van der Waals surface area contributed by atoms with Gasteiger partial charge in [0.25, 0.3) is 5.91 Å². The molecule has 4 nitrogen and oxygen atoms in total. The van der Waals surface area contributed by atoms with Gasteiger partial charge in [0.1, 0.15) is 0 Å². The van der Waals surface area contributed by atoms with Crippen LogP contribution in [0.4, 0.5) is 0 Å². The van der Waals surface area contributed by atoms with E-state index in [0.29, 0.717) is 6.42 Å². The van der Waals surface area contributed by atoms with Crippen LogP contribution in [0.2, 0.25) is 0 Å². The number of likely N-dealkylation sites (tertiary alicyclic amines) is 2. The highest BCUT2D eigenvalue weighted by atomic mass is 32.1. The number of amides is 2. The van der Waals surface area contributed by atoms with Crippen molar-refractivity contribution in [2.45, 2.75) is 31.2 Å². The van der Waals surface area contributed by atoms with E-state index in [4.69, 9.17) is 0 Å². The first-order valence-electron chi connectivity index (χ1n) is 6.71. The number of piperidine rings is 1. The Labute approximate surface area is 117 Å². The topological polar surface area (TPSA) is 40.6 Å². The van der Waals surface area contributed by atoms with Crippen molar-refractivity contribution in [2.75, 3.05) is 20.1 Å². The second-order valence-electron chi connectivity index (χ2n) is 5.48. The van der Waals surface area contributed by atoms with Crippen molar-refractivity contribution >= 4 is 23.2 Å². The van der Waals surface area contributed by atoms with Gasteiger partial charge in [-0.25, -0.2) is 0 Å². The fraction of sp³-hybridized carbons (Fsp3) is 0.571. The van der Waals surface area contributed by atoms with Gasteiger partial charge >= 0.3 is 0 Å². The molecule has 1 aromatic rings. The van der Waals surface area contributed by atoms with Crippen molar-refractivity contribution in [2.24, 2.45) is 0 Å². The van der Waals surface area contributed by atoms with Crippen LogP contribution in [0.5, 0.6) is 0 Å². The number of rotatable bonds is 1. The average molecular weight is 278 g/mol. The number of carbonyl (C=O) groups is 2. The summed E-state index contributed by atoms with van der Waals surface area (Å²) in [6.45, 7) is 1.51. The predicted molar refractivity (Wildman–Crippen MR) is 74.2 cm³/mol. The first-order chi connectivity index (χ1) is 9.12. The first-order valence-corrected chi connectivity index (χ1v) is 7.65. The van der Waals surface area contributed by atoms with E-state index in [1.54, 1.807) is 11.3 Å². The van der Waals surface area contributed by atoms with Crippen molar-refractivity contribution in [3.8, 4) is 0 Å². The lowest BCUT2D eigenvalue weighted by Gasteiger charge is -2.43. The highest BCUT2D eigenvalue weighted by Gasteiger charge is 2.45. The number of hydrogen-bond acceptors (Lipinski definition) is 3. The SMILES string of the molecule is CN1C(=O)CCC12CCN(C(=O)c1ccsc1)CC2. The van der Waals surface area contributed by atoms with E-state index in [0.717, 1.165) is 37.9 Å². The fourth-order valence-corrected chi connectivity index (χ4v) is 3.85. The molecule has 3 rings (SSSR count). The Hall–Kier alpha value is -1.36. The summed E-state index contributed by atoms with van der Waals surface area (Å²) in [5.41, 5.74) is 0.805. The minimum Gasteiger partial charge on any atom is -0.340 e. The molecule has 0 atom stereocenters. The Morgan fingerprint density at radius 1 is 1.32 bits per heavy atom. The monoisotopic (exact) mass is 278 g/mol. The smallest absolute Gasteiger partial charge is 0.254 e. The molecule has 5 heteroatoms. The van der Waals surface area contributed by atoms with Crippen LogP contribution < -0.4 is 0 Å². The summed E-state index contributed by atoms with van der Waals surface area (Å²) >= 11 is 1.55. The third-order valence-corrected chi connectivity index (χ3v) is 5.32. The summed E-state index contributed by atoms with van der Waals surface area (Å²) in [7, 11) is 1.91. The summed E-state index contributed by atoms with van der Waals surface area (Å²) < 4.78 is 0. The van der Waals surface area contributed by atoms with Gasteiger partial charge in [0.15, 0.2) is 0 Å². The second kappa shape index (κ2) is 4.63. The van der Waals surface area contributed by atoms with Gasteiger partial charge in [-0.1, -0.05) is 0 Å². The lowest BCUT2D eigenvalue weighted by molar-refractivity contribution is -0.130. The number of hydrogen-bond donors (Lipinski definition) is 0. The molecule has 2 saturated heterocycles. The van der Waals surface area contributed by atoms with E-state index in [9.17, 15) is 9.59 Å². The maximum Gasteiger partial charge on any atom is 0.254 e. The molecule has 2 fully saturated rings. The summed E-state index contributed by atoms with van der Waals surface area (Å²) in [4.78, 5) is 27.8. The van der Waals surface area contributed by atoms with E-state index in [1.807, 2.05) is 33.7 Å². The van der Waals surface area contributed by atoms with Gasteiger partial charge in [0.05, 0.1) is 5.56 Å².